The predicted molar refractivity (Wildman–Crippen MR) is 111 cm³/mol. The molecule has 0 radical (unpaired) electrons. The summed E-state index contributed by atoms with van der Waals surface area (Å²) in [5.41, 5.74) is 0.803. The van der Waals surface area contributed by atoms with Gasteiger partial charge in [0.1, 0.15) is 6.04 Å². The van der Waals surface area contributed by atoms with Crippen molar-refractivity contribution in [1.29, 1.82) is 0 Å². The lowest BCUT2D eigenvalue weighted by Crippen LogP contribution is -2.49. The second-order valence-corrected chi connectivity index (χ2v) is 10.8. The first-order chi connectivity index (χ1) is 13.3. The van der Waals surface area contributed by atoms with Crippen LogP contribution in [-0.2, 0) is 0 Å². The Labute approximate surface area is 168 Å². The molecule has 1 aliphatic carbocycles. The average molecular weight is 408 g/mol. The van der Waals surface area contributed by atoms with Crippen molar-refractivity contribution in [3.63, 3.8) is 0 Å². The highest BCUT2D eigenvalue weighted by Gasteiger charge is 2.61. The molecule has 156 valence electrons. The Morgan fingerprint density at radius 1 is 1.07 bits per heavy atom. The molecule has 1 aromatic carbocycles. The third kappa shape index (κ3) is 4.10. The van der Waals surface area contributed by atoms with E-state index >= 15 is 0 Å². The Hall–Kier alpha value is -1.11. The van der Waals surface area contributed by atoms with Crippen LogP contribution in [0.25, 0.3) is 0 Å². The fraction of sp³-hybridized carbons (Fsp3) is 0.700. The van der Waals surface area contributed by atoms with E-state index < -0.39 is 14.0 Å². The molecule has 7 nitrogen and oxygen atoms in total. The summed E-state index contributed by atoms with van der Waals surface area (Å²) in [6, 6.07) is 9.45. The molecule has 1 N–H and O–H groups in total. The molecule has 1 aromatic rings. The minimum Gasteiger partial charge on any atom is -0.636 e. The topological polar surface area (TPSA) is 84.7 Å². The van der Waals surface area contributed by atoms with Gasteiger partial charge < -0.3 is 4.89 Å². The first kappa shape index (κ1) is 21.6. The number of nitrogens with zero attached hydrogens (tertiary/aromatic N) is 3. The fourth-order valence-corrected chi connectivity index (χ4v) is 8.75. The first-order valence-corrected chi connectivity index (χ1v) is 12.0. The van der Waals surface area contributed by atoms with Crippen LogP contribution in [0.2, 0.25) is 0 Å². The number of nitro groups is 1. The molecule has 0 bridgehead atoms. The van der Waals surface area contributed by atoms with Crippen LogP contribution < -0.4 is 9.98 Å². The van der Waals surface area contributed by atoms with E-state index in [1.54, 1.807) is 0 Å². The Balaban J connectivity index is 2.01. The van der Waals surface area contributed by atoms with Gasteiger partial charge in [-0.2, -0.15) is 5.09 Å². The van der Waals surface area contributed by atoms with Gasteiger partial charge in [0, 0.05) is 17.0 Å². The van der Waals surface area contributed by atoms with Crippen LogP contribution in [0.5, 0.6) is 0 Å². The molecule has 1 aliphatic heterocycles. The second-order valence-electron chi connectivity index (χ2n) is 8.52. The maximum Gasteiger partial charge on any atom is 0.226 e. The minimum absolute atomic E-state index is 0.0970. The molecular formula is C20H33N4O3P. The van der Waals surface area contributed by atoms with E-state index in [1.165, 1.54) is 0 Å². The highest BCUT2D eigenvalue weighted by molar-refractivity contribution is 7.62. The van der Waals surface area contributed by atoms with Crippen molar-refractivity contribution < 1.29 is 9.82 Å². The molecule has 8 heteroatoms. The Bertz CT molecular complexity index is 649. The van der Waals surface area contributed by atoms with Gasteiger partial charge in [0.15, 0.2) is 7.94 Å². The van der Waals surface area contributed by atoms with Gasteiger partial charge in [-0.15, -0.1) is 9.34 Å². The average Bonchev–Trinajstić information content (AvgIpc) is 2.89. The maximum atomic E-state index is 14.6. The van der Waals surface area contributed by atoms with E-state index in [-0.39, 0.29) is 35.6 Å². The Kier molecular flexibility index (Phi) is 6.72. The van der Waals surface area contributed by atoms with Gasteiger partial charge in [0.2, 0.25) is 6.54 Å². The van der Waals surface area contributed by atoms with Crippen LogP contribution in [0.1, 0.15) is 65.0 Å². The predicted octanol–water partition coefficient (Wildman–Crippen LogP) is 3.38. The second kappa shape index (κ2) is 8.72. The lowest BCUT2D eigenvalue weighted by Gasteiger charge is -2.44. The number of hydrogen-bond donors (Lipinski definition) is 1. The van der Waals surface area contributed by atoms with Gasteiger partial charge in [-0.3, -0.25) is 10.1 Å². The fourth-order valence-electron chi connectivity index (χ4n) is 5.01. The summed E-state index contributed by atoms with van der Waals surface area (Å²) >= 11 is 0. The van der Waals surface area contributed by atoms with Gasteiger partial charge in [0.25, 0.3) is 0 Å². The van der Waals surface area contributed by atoms with E-state index in [1.807, 2.05) is 30.3 Å². The Morgan fingerprint density at radius 3 is 2.00 bits per heavy atom. The summed E-state index contributed by atoms with van der Waals surface area (Å²) in [7, 11) is -3.17. The summed E-state index contributed by atoms with van der Waals surface area (Å²) < 4.78 is 4.29. The molecular weight excluding hydrogens is 375 g/mol. The highest BCUT2D eigenvalue weighted by Crippen LogP contribution is 2.66. The Morgan fingerprint density at radius 2 is 1.57 bits per heavy atom. The normalized spacial score (nSPS) is 26.5. The maximum absolute atomic E-state index is 14.6. The van der Waals surface area contributed by atoms with Crippen molar-refractivity contribution in [2.24, 2.45) is 0 Å². The van der Waals surface area contributed by atoms with Crippen LogP contribution in [0, 0.1) is 10.1 Å². The molecule has 0 unspecified atom stereocenters. The van der Waals surface area contributed by atoms with E-state index in [0.29, 0.717) is 0 Å². The minimum atomic E-state index is -3.17. The van der Waals surface area contributed by atoms with Gasteiger partial charge in [0.05, 0.1) is 12.1 Å². The van der Waals surface area contributed by atoms with Crippen molar-refractivity contribution >= 4 is 7.94 Å². The number of benzene rings is 1. The highest BCUT2D eigenvalue weighted by atomic mass is 31.2. The number of rotatable bonds is 7. The van der Waals surface area contributed by atoms with E-state index in [2.05, 4.69) is 42.1 Å². The quantitative estimate of drug-likeness (QED) is 0.423. The molecule has 0 amide bonds. The van der Waals surface area contributed by atoms with Crippen molar-refractivity contribution in [2.75, 3.05) is 6.54 Å². The van der Waals surface area contributed by atoms with Gasteiger partial charge in [-0.25, -0.2) is 0 Å². The summed E-state index contributed by atoms with van der Waals surface area (Å²) in [5, 5.41) is 14.7. The smallest absolute Gasteiger partial charge is 0.226 e. The molecule has 3 rings (SSSR count). The molecule has 1 saturated heterocycles. The van der Waals surface area contributed by atoms with E-state index in [0.717, 1.165) is 31.2 Å². The molecule has 1 heterocycles. The van der Waals surface area contributed by atoms with Crippen molar-refractivity contribution in [3.05, 3.63) is 46.0 Å². The standard InChI is InChI=1S/C20H33N4O3P/c1-15(2)23-19-12-8-9-13-20(19)24(16(3)4)28(23,27)21-18(14-22(25)26)17-10-6-5-7-11-17/h5-7,10-11,15-16,18-20H,8-9,12-14H2,1-4H3,(H,21,27)/t18-,19-,20-/m1/s1. The van der Waals surface area contributed by atoms with Crippen LogP contribution in [0.3, 0.4) is 0 Å². The number of hydrogen-bond acceptors (Lipinski definition) is 6. The summed E-state index contributed by atoms with van der Waals surface area (Å²) in [5.74, 6) is 0. The SMILES string of the molecule is CC(C)N1[C@@H]2CCCC[C@H]2N(C(C)C)[P+]1([O-])N[C@H](C[N+](=O)[O-])c1ccccc1. The molecule has 3 atom stereocenters. The monoisotopic (exact) mass is 408 g/mol. The third-order valence-electron chi connectivity index (χ3n) is 5.92. The molecule has 2 aliphatic rings. The molecule has 1 saturated carbocycles. The van der Waals surface area contributed by atoms with E-state index in [4.69, 9.17) is 0 Å². The van der Waals surface area contributed by atoms with Crippen molar-refractivity contribution in [2.45, 2.75) is 83.6 Å². The zero-order chi connectivity index (χ0) is 20.5. The molecule has 28 heavy (non-hydrogen) atoms. The van der Waals surface area contributed by atoms with Gasteiger partial charge in [-0.1, -0.05) is 43.2 Å². The molecule has 0 aromatic heterocycles. The largest absolute Gasteiger partial charge is 0.636 e. The molecule has 2 fully saturated rings. The lowest BCUT2D eigenvalue weighted by atomic mass is 9.89. The van der Waals surface area contributed by atoms with Crippen LogP contribution in [0.4, 0.5) is 0 Å². The zero-order valence-corrected chi connectivity index (χ0v) is 18.2. The summed E-state index contributed by atoms with van der Waals surface area (Å²) in [4.78, 5) is 25.7. The van der Waals surface area contributed by atoms with Crippen molar-refractivity contribution in [1.82, 2.24) is 14.4 Å². The third-order valence-corrected chi connectivity index (χ3v) is 9.33. The van der Waals surface area contributed by atoms with Crippen LogP contribution in [-0.4, -0.2) is 45.0 Å². The number of nitrogens with one attached hydrogen (secondary N) is 1. The van der Waals surface area contributed by atoms with E-state index in [9.17, 15) is 15.0 Å². The van der Waals surface area contributed by atoms with Crippen LogP contribution >= 0.6 is 7.94 Å². The van der Waals surface area contributed by atoms with Gasteiger partial charge >= 0.3 is 0 Å². The molecule has 0 spiro atoms. The van der Waals surface area contributed by atoms with Crippen LogP contribution in [0.15, 0.2) is 30.3 Å². The zero-order valence-electron chi connectivity index (χ0n) is 17.3. The first-order valence-electron chi connectivity index (χ1n) is 10.4. The van der Waals surface area contributed by atoms with Crippen molar-refractivity contribution in [3.8, 4) is 0 Å². The summed E-state index contributed by atoms with van der Waals surface area (Å²) in [6.07, 6.45) is 4.35. The summed E-state index contributed by atoms with van der Waals surface area (Å²) in [6.45, 7) is 8.02. The lowest BCUT2D eigenvalue weighted by molar-refractivity contribution is -0.484. The van der Waals surface area contributed by atoms with Gasteiger partial charge in [-0.05, 0) is 46.1 Å². The number of fused-ring (bicyclic) bond motifs is 1.